The van der Waals surface area contributed by atoms with Crippen LogP contribution in [-0.4, -0.2) is 21.9 Å². The average molecular weight is 371 g/mol. The van der Waals surface area contributed by atoms with Crippen molar-refractivity contribution in [2.75, 3.05) is 11.1 Å². The standard InChI is InChI=1S/C14H8F3N3O2S2/c15-7-3-4-8(12(17)11(7)16)18-10(21)6-24-14-20-19-13(22-14)9-2-1-5-23-9/h1-5H,6H2,(H,18,21). The molecule has 0 aliphatic carbocycles. The summed E-state index contributed by atoms with van der Waals surface area (Å²) in [6.07, 6.45) is 0. The molecule has 0 radical (unpaired) electrons. The number of halogens is 3. The van der Waals surface area contributed by atoms with Crippen LogP contribution in [0.1, 0.15) is 0 Å². The number of thiophene rings is 1. The lowest BCUT2D eigenvalue weighted by molar-refractivity contribution is -0.113. The molecule has 0 atom stereocenters. The van der Waals surface area contributed by atoms with Gasteiger partial charge in [0.25, 0.3) is 11.1 Å². The van der Waals surface area contributed by atoms with Gasteiger partial charge in [-0.15, -0.1) is 21.5 Å². The monoisotopic (exact) mass is 371 g/mol. The fourth-order valence-electron chi connectivity index (χ4n) is 1.70. The Labute approximate surface area is 141 Å². The first kappa shape index (κ1) is 16.5. The minimum Gasteiger partial charge on any atom is -0.410 e. The van der Waals surface area contributed by atoms with Gasteiger partial charge in [-0.2, -0.15) is 0 Å². The number of anilines is 1. The van der Waals surface area contributed by atoms with Crippen LogP contribution in [0, 0.1) is 17.5 Å². The molecule has 0 bridgehead atoms. The third kappa shape index (κ3) is 3.60. The summed E-state index contributed by atoms with van der Waals surface area (Å²) in [6, 6.07) is 5.32. The van der Waals surface area contributed by atoms with E-state index >= 15 is 0 Å². The quantitative estimate of drug-likeness (QED) is 0.543. The maximum atomic E-state index is 13.5. The number of thioether (sulfide) groups is 1. The summed E-state index contributed by atoms with van der Waals surface area (Å²) < 4.78 is 44.8. The number of carbonyl (C=O) groups is 1. The van der Waals surface area contributed by atoms with Crippen LogP contribution in [0.25, 0.3) is 10.8 Å². The van der Waals surface area contributed by atoms with E-state index in [4.69, 9.17) is 4.42 Å². The van der Waals surface area contributed by atoms with Gasteiger partial charge in [0.2, 0.25) is 5.91 Å². The number of carbonyl (C=O) groups excluding carboxylic acids is 1. The zero-order valence-electron chi connectivity index (χ0n) is 11.8. The molecule has 3 aromatic rings. The van der Waals surface area contributed by atoms with E-state index in [2.05, 4.69) is 15.5 Å². The van der Waals surface area contributed by atoms with Gasteiger partial charge >= 0.3 is 0 Å². The lowest BCUT2D eigenvalue weighted by Crippen LogP contribution is -2.15. The molecule has 0 saturated heterocycles. The molecule has 2 aromatic heterocycles. The van der Waals surface area contributed by atoms with Crippen molar-refractivity contribution in [2.24, 2.45) is 0 Å². The number of aromatic nitrogens is 2. The van der Waals surface area contributed by atoms with Crippen molar-refractivity contribution in [1.82, 2.24) is 10.2 Å². The van der Waals surface area contributed by atoms with Gasteiger partial charge in [0, 0.05) is 0 Å². The van der Waals surface area contributed by atoms with E-state index in [1.54, 1.807) is 0 Å². The van der Waals surface area contributed by atoms with Crippen molar-refractivity contribution in [1.29, 1.82) is 0 Å². The first-order valence-electron chi connectivity index (χ1n) is 6.48. The van der Waals surface area contributed by atoms with E-state index in [1.807, 2.05) is 17.5 Å². The molecule has 2 heterocycles. The molecule has 10 heteroatoms. The van der Waals surface area contributed by atoms with Crippen molar-refractivity contribution >= 4 is 34.7 Å². The SMILES string of the molecule is O=C(CSc1nnc(-c2cccs2)o1)Nc1ccc(F)c(F)c1F. The van der Waals surface area contributed by atoms with Gasteiger partial charge in [0.1, 0.15) is 0 Å². The third-order valence-corrected chi connectivity index (χ3v) is 4.45. The molecule has 3 rings (SSSR count). The van der Waals surface area contributed by atoms with Gasteiger partial charge < -0.3 is 9.73 Å². The average Bonchev–Trinajstić information content (AvgIpc) is 3.24. The molecule has 0 spiro atoms. The fourth-order valence-corrected chi connectivity index (χ4v) is 2.91. The molecule has 0 saturated carbocycles. The Kier molecular flexibility index (Phi) is 4.86. The predicted molar refractivity (Wildman–Crippen MR) is 83.3 cm³/mol. The minimum atomic E-state index is -1.64. The number of nitrogens with one attached hydrogen (secondary N) is 1. The van der Waals surface area contributed by atoms with Crippen LogP contribution in [0.2, 0.25) is 0 Å². The fraction of sp³-hybridized carbons (Fsp3) is 0.0714. The first-order valence-corrected chi connectivity index (χ1v) is 8.34. The van der Waals surface area contributed by atoms with Crippen LogP contribution in [-0.2, 0) is 4.79 Å². The Morgan fingerprint density at radius 3 is 2.79 bits per heavy atom. The summed E-state index contributed by atoms with van der Waals surface area (Å²) in [5.41, 5.74) is -0.440. The Hall–Kier alpha value is -2.33. The highest BCUT2D eigenvalue weighted by molar-refractivity contribution is 7.99. The highest BCUT2D eigenvalue weighted by atomic mass is 32.2. The summed E-state index contributed by atoms with van der Waals surface area (Å²) in [6.45, 7) is 0. The van der Waals surface area contributed by atoms with Gasteiger partial charge in [-0.1, -0.05) is 17.8 Å². The van der Waals surface area contributed by atoms with E-state index in [0.717, 1.165) is 28.8 Å². The lowest BCUT2D eigenvalue weighted by Gasteiger charge is -2.06. The molecule has 24 heavy (non-hydrogen) atoms. The zero-order valence-corrected chi connectivity index (χ0v) is 13.4. The second-order valence-corrected chi connectivity index (χ2v) is 6.28. The summed E-state index contributed by atoms with van der Waals surface area (Å²) in [4.78, 5) is 12.6. The number of hydrogen-bond acceptors (Lipinski definition) is 6. The molecule has 5 nitrogen and oxygen atoms in total. The van der Waals surface area contributed by atoms with Gasteiger partial charge in [-0.3, -0.25) is 4.79 Å². The maximum absolute atomic E-state index is 13.5. The van der Waals surface area contributed by atoms with Gasteiger partial charge in [-0.05, 0) is 23.6 Å². The van der Waals surface area contributed by atoms with Gasteiger partial charge in [0.05, 0.1) is 16.3 Å². The van der Waals surface area contributed by atoms with Crippen molar-refractivity contribution < 1.29 is 22.4 Å². The normalized spacial score (nSPS) is 10.8. The number of nitrogens with zero attached hydrogens (tertiary/aromatic N) is 2. The summed E-state index contributed by atoms with van der Waals surface area (Å²) in [7, 11) is 0. The van der Waals surface area contributed by atoms with Crippen molar-refractivity contribution in [3.05, 3.63) is 47.1 Å². The van der Waals surface area contributed by atoms with Gasteiger partial charge in [-0.25, -0.2) is 13.2 Å². The van der Waals surface area contributed by atoms with Crippen LogP contribution in [0.5, 0.6) is 0 Å². The smallest absolute Gasteiger partial charge is 0.277 e. The van der Waals surface area contributed by atoms with Crippen LogP contribution >= 0.6 is 23.1 Å². The molecule has 1 amide bonds. The Morgan fingerprint density at radius 2 is 2.04 bits per heavy atom. The van der Waals surface area contributed by atoms with E-state index in [1.165, 1.54) is 11.3 Å². The topological polar surface area (TPSA) is 68.0 Å². The second-order valence-electron chi connectivity index (χ2n) is 4.41. The molecule has 1 aromatic carbocycles. The summed E-state index contributed by atoms with van der Waals surface area (Å²) in [5.74, 6) is -4.87. The molecule has 124 valence electrons. The molecule has 0 unspecified atom stereocenters. The van der Waals surface area contributed by atoms with E-state index in [-0.39, 0.29) is 11.0 Å². The number of rotatable bonds is 5. The first-order chi connectivity index (χ1) is 11.5. The highest BCUT2D eigenvalue weighted by Gasteiger charge is 2.16. The number of amides is 1. The van der Waals surface area contributed by atoms with Crippen molar-refractivity contribution in [2.45, 2.75) is 5.22 Å². The zero-order chi connectivity index (χ0) is 17.1. The Balaban J connectivity index is 1.59. The maximum Gasteiger partial charge on any atom is 0.277 e. The van der Waals surface area contributed by atoms with Crippen LogP contribution in [0.15, 0.2) is 39.3 Å². The molecular formula is C14H8F3N3O2S2. The van der Waals surface area contributed by atoms with Crippen LogP contribution in [0.3, 0.4) is 0 Å². The molecule has 1 N–H and O–H groups in total. The van der Waals surface area contributed by atoms with E-state index in [0.29, 0.717) is 5.89 Å². The second kappa shape index (κ2) is 7.05. The summed E-state index contributed by atoms with van der Waals surface area (Å²) in [5, 5.41) is 11.8. The van der Waals surface area contributed by atoms with Crippen molar-refractivity contribution in [3.63, 3.8) is 0 Å². The third-order valence-electron chi connectivity index (χ3n) is 2.77. The molecular weight excluding hydrogens is 363 g/mol. The largest absolute Gasteiger partial charge is 0.410 e. The molecule has 0 aliphatic rings. The highest BCUT2D eigenvalue weighted by Crippen LogP contribution is 2.26. The minimum absolute atomic E-state index is 0.162. The Bertz CT molecular complexity index is 868. The van der Waals surface area contributed by atoms with Crippen LogP contribution < -0.4 is 5.32 Å². The summed E-state index contributed by atoms with van der Waals surface area (Å²) >= 11 is 2.37. The Morgan fingerprint density at radius 1 is 1.21 bits per heavy atom. The lowest BCUT2D eigenvalue weighted by atomic mass is 10.3. The van der Waals surface area contributed by atoms with E-state index < -0.39 is 29.0 Å². The van der Waals surface area contributed by atoms with Crippen molar-refractivity contribution in [3.8, 4) is 10.8 Å². The molecule has 0 aliphatic heterocycles. The molecule has 0 fully saturated rings. The van der Waals surface area contributed by atoms with Gasteiger partial charge in [0.15, 0.2) is 17.5 Å². The number of benzene rings is 1. The predicted octanol–water partition coefficient (Wildman–Crippen LogP) is 3.95. The van der Waals surface area contributed by atoms with Crippen LogP contribution in [0.4, 0.5) is 18.9 Å². The number of hydrogen-bond donors (Lipinski definition) is 1. The van der Waals surface area contributed by atoms with E-state index in [9.17, 15) is 18.0 Å².